The molecule has 14 rings (SSSR count). The predicted molar refractivity (Wildman–Crippen MR) is 495 cm³/mol. The van der Waals surface area contributed by atoms with Crippen LogP contribution in [-0.4, -0.2) is 223 Å². The van der Waals surface area contributed by atoms with E-state index in [0.29, 0.717) is 30.4 Å². The minimum Gasteiger partial charge on any atom is -0.481 e. The lowest BCUT2D eigenvalue weighted by Crippen LogP contribution is -2.82. The van der Waals surface area contributed by atoms with Crippen LogP contribution in [0.5, 0.6) is 0 Å². The largest absolute Gasteiger partial charge is 0.481 e. The zero-order chi connectivity index (χ0) is 101. The van der Waals surface area contributed by atoms with Crippen molar-refractivity contribution in [2.75, 3.05) is 13.2 Å². The Morgan fingerprint density at radius 2 is 0.799 bits per heavy atom. The summed E-state index contributed by atoms with van der Waals surface area (Å²) in [6, 6.07) is 45.9. The average molecular weight is 1920 g/mol. The number of nitrogens with one attached hydrogen (secondary N) is 2. The average Bonchev–Trinajstić information content (AvgIpc) is 0.670. The van der Waals surface area contributed by atoms with Crippen LogP contribution in [0.15, 0.2) is 230 Å². The topological polar surface area (TPSA) is 486 Å². The standard InChI is InChI=1S/C53H59NO15.C47H51NO14.C6H10O2/c1-8-9-13-26-39(58)67-43(41(33-20-14-10-15-21-33)54-47(60)34-22-16-11-17-23-34)49(62)66-36-28-53(63)46(68-48(61)35-24-18-12-19-25-35)44-51(7,37(57)27-38-52(44,29-64-38)69-32(4)56)45(59)42(65-31(3)55)40(30(36)2)50(53,5)6;1-25-31(60-43(56)36(52)35(28-16-10-7-11-17-28)48-41(54)29-18-12-8-13-19-29)23-47(57)40(61-42(55)30-20-14-9-15-21-30)38-45(6,32(51)22-33-46(38,24-58-33)62-27(3)50)39(53)37(59-26(2)49)34(25)44(47,4)5;1-2-3-4-5-6(7)8/h8,10-12,14-25,36-38,41-44,46,57,63H,1,9,13,26-29H2,2-7H3,(H,54,60);7-21,31-33,35-38,40,51-52,57H,22-24H2,1-6H3,(H,48,54);2H,1,3-5H2,(H,7,8)/t36-,37-,38+,41-,42+,43+,44-,46-,51+,52-,53+;31-,32-,33+,35-,36+,37+,38-,40-,45+,46-,47+;/m00./s1. The first-order valence-electron chi connectivity index (χ1n) is 46.1. The number of hydrogen-bond donors (Lipinski definition) is 8. The third-order valence-electron chi connectivity index (χ3n) is 28.8. The number of aliphatic hydroxyl groups excluding tert-OH is 3. The van der Waals surface area contributed by atoms with Crippen molar-refractivity contribution in [3.63, 3.8) is 0 Å². The summed E-state index contributed by atoms with van der Waals surface area (Å²) in [5.41, 5.74) is -14.3. The highest BCUT2D eigenvalue weighted by molar-refractivity contribution is 5.99. The zero-order valence-electron chi connectivity index (χ0n) is 79.5. The highest BCUT2D eigenvalue weighted by atomic mass is 16.7. The molecule has 8 aliphatic rings. The van der Waals surface area contributed by atoms with Crippen LogP contribution in [0, 0.1) is 33.5 Å². The first-order chi connectivity index (χ1) is 65.7. The maximum atomic E-state index is 15.7. The summed E-state index contributed by atoms with van der Waals surface area (Å²) >= 11 is 0. The molecule has 4 saturated carbocycles. The van der Waals surface area contributed by atoms with Gasteiger partial charge in [-0.05, 0) is 135 Å². The lowest BCUT2D eigenvalue weighted by molar-refractivity contribution is -0.346. The minimum atomic E-state index is -2.44. The Labute approximate surface area is 804 Å². The predicted octanol–water partition coefficient (Wildman–Crippen LogP) is 10.8. The quantitative estimate of drug-likeness (QED) is 0.00936. The number of carboxylic acid groups (broad SMARTS) is 1. The third-order valence-corrected chi connectivity index (χ3v) is 28.8. The van der Waals surface area contributed by atoms with Crippen molar-refractivity contribution in [3.8, 4) is 0 Å². The molecule has 33 nitrogen and oxygen atoms in total. The van der Waals surface area contributed by atoms with Crippen LogP contribution < -0.4 is 10.6 Å². The highest BCUT2D eigenvalue weighted by Crippen LogP contribution is 2.67. The fourth-order valence-corrected chi connectivity index (χ4v) is 21.5. The van der Waals surface area contributed by atoms with Gasteiger partial charge in [0.15, 0.2) is 41.1 Å². The smallest absolute Gasteiger partial charge is 0.350 e. The monoisotopic (exact) mass is 1920 g/mol. The summed E-state index contributed by atoms with van der Waals surface area (Å²) in [5, 5.41) is 77.3. The van der Waals surface area contributed by atoms with Gasteiger partial charge in [-0.2, -0.15) is 0 Å². The van der Waals surface area contributed by atoms with Gasteiger partial charge in [0, 0.05) is 88.2 Å². The Morgan fingerprint density at radius 3 is 1.14 bits per heavy atom. The number of fused-ring (bicyclic) bond motifs is 10. The number of hydrogen-bond acceptors (Lipinski definition) is 30. The molecule has 2 aliphatic heterocycles. The van der Waals surface area contributed by atoms with E-state index in [2.05, 4.69) is 23.8 Å². The second-order valence-corrected chi connectivity index (χ2v) is 37.9. The number of carboxylic acids is 1. The summed E-state index contributed by atoms with van der Waals surface area (Å²) in [6.45, 7) is 23.1. The Bertz CT molecular complexity index is 5690. The Balaban J connectivity index is 0.000000232. The van der Waals surface area contributed by atoms with E-state index in [-0.39, 0.29) is 83.4 Å². The van der Waals surface area contributed by atoms with Crippen LogP contribution in [-0.2, 0) is 100 Å². The van der Waals surface area contributed by atoms with Crippen LogP contribution >= 0.6 is 0 Å². The number of unbranched alkanes of at least 4 members (excludes halogenated alkanes) is 2. The van der Waals surface area contributed by atoms with Gasteiger partial charge >= 0.3 is 59.7 Å². The van der Waals surface area contributed by atoms with Gasteiger partial charge in [-0.15, -0.1) is 13.2 Å². The molecule has 139 heavy (non-hydrogen) atoms. The molecule has 8 N–H and O–H groups in total. The minimum absolute atomic E-state index is 0.00289. The van der Waals surface area contributed by atoms with Crippen LogP contribution in [0.3, 0.4) is 0 Å². The maximum Gasteiger partial charge on any atom is 0.350 e. The number of benzene rings is 6. The van der Waals surface area contributed by atoms with Gasteiger partial charge in [-0.1, -0.05) is 173 Å². The van der Waals surface area contributed by atoms with Gasteiger partial charge in [0.25, 0.3) is 11.8 Å². The SMILES string of the molecule is C=CCCCC(=O)O.C=CCCCC(=O)O[C@@H](C(=O)O[C@H]1C[C@@]2(O)[C@@H](OC(=O)c3ccccc3)[C@@H]3[C@]4(OC(C)=O)CO[C@@H]4C[C@H](O)[C@@]3(C)C(=O)[C@H](OC(C)=O)C(=C1C)C2(C)C)[C@@H](NC(=O)c1ccccc1)c1ccccc1.CC(=O)O[C@H]1C(=O)[C@@]2(C)[C@H]([C@H](OC(=O)c3ccccc3)[C@]3(O)C[C@H](OC(=O)[C@H](O)[C@@H](NC(=O)c4ccccc4)c4ccccc4)C(C)=C1C3(C)C)[C@]1(OC(C)=O)CO[C@@H]1C[C@@H]2O. The van der Waals surface area contributed by atoms with E-state index >= 15 is 14.4 Å². The second-order valence-electron chi connectivity index (χ2n) is 37.9. The van der Waals surface area contributed by atoms with E-state index in [0.717, 1.165) is 34.1 Å². The van der Waals surface area contributed by atoms with E-state index in [1.54, 1.807) is 198 Å². The molecule has 6 aliphatic carbocycles. The van der Waals surface area contributed by atoms with Crippen LogP contribution in [0.4, 0.5) is 0 Å². The first kappa shape index (κ1) is 105. The fraction of sp³-hybridized carbons (Fsp3) is 0.453. The van der Waals surface area contributed by atoms with E-state index in [9.17, 15) is 78.3 Å². The number of carbonyl (C=O) groups is 14. The van der Waals surface area contributed by atoms with Crippen molar-refractivity contribution in [1.29, 1.82) is 0 Å². The van der Waals surface area contributed by atoms with Crippen molar-refractivity contribution in [2.45, 2.75) is 255 Å². The first-order valence-corrected chi connectivity index (χ1v) is 46.1. The van der Waals surface area contributed by atoms with E-state index in [4.69, 9.17) is 57.2 Å². The zero-order valence-corrected chi connectivity index (χ0v) is 79.5. The van der Waals surface area contributed by atoms with Crippen molar-refractivity contribution in [2.24, 2.45) is 33.5 Å². The molecular formula is C106H120N2O31. The molecular weight excluding hydrogens is 1800 g/mol. The van der Waals surface area contributed by atoms with Gasteiger partial charge in [0.05, 0.1) is 65.3 Å². The Hall–Kier alpha value is -13.0. The second kappa shape index (κ2) is 42.8. The molecule has 2 amide bonds. The Morgan fingerprint density at radius 1 is 0.460 bits per heavy atom. The Kier molecular flexibility index (Phi) is 32.3. The number of Topliss-reactive ketones (excluding diaryl/α,β-unsaturated/α-hetero) is 2. The molecule has 6 aromatic carbocycles. The number of carbonyl (C=O) groups excluding carboxylic acids is 13. The van der Waals surface area contributed by atoms with Gasteiger partial charge in [0.2, 0.25) is 6.10 Å². The molecule has 6 aromatic rings. The van der Waals surface area contributed by atoms with E-state index in [1.807, 2.05) is 0 Å². The van der Waals surface area contributed by atoms with Gasteiger partial charge < -0.3 is 93.4 Å². The van der Waals surface area contributed by atoms with Crippen molar-refractivity contribution in [1.82, 2.24) is 10.6 Å². The number of rotatable bonds is 29. The van der Waals surface area contributed by atoms with Gasteiger partial charge in [-0.3, -0.25) is 47.9 Å². The summed E-state index contributed by atoms with van der Waals surface area (Å²) in [4.78, 5) is 192. The number of esters is 9. The molecule has 22 atom stereocenters. The van der Waals surface area contributed by atoms with Crippen molar-refractivity contribution >= 4 is 83.1 Å². The lowest BCUT2D eigenvalue weighted by atomic mass is 9.44. The molecule has 0 spiro atoms. The van der Waals surface area contributed by atoms with Crippen molar-refractivity contribution < 1.29 is 150 Å². The molecule has 4 bridgehead atoms. The van der Waals surface area contributed by atoms with Gasteiger partial charge in [0.1, 0.15) is 53.9 Å². The van der Waals surface area contributed by atoms with Crippen LogP contribution in [0.2, 0.25) is 0 Å². The normalized spacial score (nSPS) is 29.4. The van der Waals surface area contributed by atoms with Crippen LogP contribution in [0.1, 0.15) is 212 Å². The molecule has 740 valence electrons. The molecule has 2 saturated heterocycles. The number of ketones is 2. The number of allylic oxidation sites excluding steroid dienone is 2. The molecule has 0 aromatic heterocycles. The lowest BCUT2D eigenvalue weighted by Gasteiger charge is -2.67. The number of ether oxygens (including phenoxy) is 11. The van der Waals surface area contributed by atoms with E-state index in [1.165, 1.54) is 52.0 Å². The highest BCUT2D eigenvalue weighted by Gasteiger charge is 2.81. The summed E-state index contributed by atoms with van der Waals surface area (Å²) in [5.74, 6) is -15.3. The van der Waals surface area contributed by atoms with Crippen LogP contribution in [0.25, 0.3) is 0 Å². The van der Waals surface area contributed by atoms with E-state index < -0.39 is 237 Å². The van der Waals surface area contributed by atoms with Gasteiger partial charge in [-0.25, -0.2) is 19.2 Å². The fourth-order valence-electron chi connectivity index (χ4n) is 21.5. The molecule has 0 unspecified atom stereocenters. The third kappa shape index (κ3) is 20.6. The summed E-state index contributed by atoms with van der Waals surface area (Å²) in [6.07, 6.45) is -15.3. The number of aliphatic hydroxyl groups is 5. The summed E-state index contributed by atoms with van der Waals surface area (Å²) < 4.78 is 67.0. The molecule has 6 fully saturated rings. The van der Waals surface area contributed by atoms with Crippen molar-refractivity contribution in [3.05, 3.63) is 263 Å². The molecule has 33 heteroatoms. The summed E-state index contributed by atoms with van der Waals surface area (Å²) in [7, 11) is 0. The number of amides is 2. The number of aliphatic carboxylic acids is 1. The maximum absolute atomic E-state index is 15.7. The molecule has 2 heterocycles. The molecule has 0 radical (unpaired) electrons.